The topological polar surface area (TPSA) is 69.9 Å². The third kappa shape index (κ3) is 2.71. The van der Waals surface area contributed by atoms with Crippen molar-refractivity contribution in [1.29, 1.82) is 0 Å². The zero-order valence-corrected chi connectivity index (χ0v) is 11.9. The van der Waals surface area contributed by atoms with Crippen LogP contribution in [0.5, 0.6) is 0 Å². The molecule has 3 rings (SSSR count). The zero-order chi connectivity index (χ0) is 14.8. The molecule has 21 heavy (non-hydrogen) atoms. The van der Waals surface area contributed by atoms with Crippen molar-refractivity contribution in [2.75, 3.05) is 7.11 Å². The lowest BCUT2D eigenvalue weighted by molar-refractivity contribution is 0.0600. The van der Waals surface area contributed by atoms with Gasteiger partial charge in [0.05, 0.1) is 36.1 Å². The molecule has 0 bridgehead atoms. The van der Waals surface area contributed by atoms with Crippen LogP contribution in [0.4, 0.5) is 0 Å². The molecular formula is C14H11ClN4O2. The van der Waals surface area contributed by atoms with Gasteiger partial charge in [0.15, 0.2) is 5.65 Å². The van der Waals surface area contributed by atoms with Crippen LogP contribution in [0.2, 0.25) is 5.02 Å². The highest BCUT2D eigenvalue weighted by atomic mass is 35.5. The number of rotatable bonds is 3. The lowest BCUT2D eigenvalue weighted by atomic mass is 10.2. The molecule has 0 saturated heterocycles. The van der Waals surface area contributed by atoms with Gasteiger partial charge < -0.3 is 4.74 Å². The van der Waals surface area contributed by atoms with E-state index in [-0.39, 0.29) is 0 Å². The van der Waals surface area contributed by atoms with Gasteiger partial charge in [-0.1, -0.05) is 11.6 Å². The van der Waals surface area contributed by atoms with Crippen LogP contribution < -0.4 is 0 Å². The minimum absolute atomic E-state index is 0.395. The number of hydrogen-bond donors (Lipinski definition) is 0. The number of carbonyl (C=O) groups is 1. The summed E-state index contributed by atoms with van der Waals surface area (Å²) in [5.74, 6) is -0.395. The Labute approximate surface area is 125 Å². The molecule has 3 aromatic rings. The first-order valence-corrected chi connectivity index (χ1v) is 6.55. The number of ether oxygens (including phenoxy) is 1. The van der Waals surface area contributed by atoms with Crippen molar-refractivity contribution in [2.24, 2.45) is 0 Å². The quantitative estimate of drug-likeness (QED) is 0.694. The van der Waals surface area contributed by atoms with Crippen LogP contribution in [0.1, 0.15) is 16.1 Å². The standard InChI is InChI=1S/C14H11ClN4O2/c1-21-14(20)9-2-3-16-12(5-9)8-19-13-10(6-18-19)4-11(15)7-17-13/h2-7H,8H2,1H3. The first kappa shape index (κ1) is 13.5. The number of pyridine rings is 2. The monoisotopic (exact) mass is 302 g/mol. The molecule has 0 aliphatic heterocycles. The molecule has 0 aliphatic carbocycles. The fourth-order valence-electron chi connectivity index (χ4n) is 2.02. The smallest absolute Gasteiger partial charge is 0.337 e. The third-order valence-electron chi connectivity index (χ3n) is 2.99. The van der Waals surface area contributed by atoms with Gasteiger partial charge in [-0.05, 0) is 18.2 Å². The Morgan fingerprint density at radius 1 is 1.33 bits per heavy atom. The maximum absolute atomic E-state index is 11.5. The number of aromatic nitrogens is 4. The van der Waals surface area contributed by atoms with Crippen LogP contribution in [0, 0.1) is 0 Å². The second kappa shape index (κ2) is 5.49. The molecule has 0 aliphatic rings. The molecular weight excluding hydrogens is 292 g/mol. The molecule has 0 unspecified atom stereocenters. The summed E-state index contributed by atoms with van der Waals surface area (Å²) in [7, 11) is 1.34. The summed E-state index contributed by atoms with van der Waals surface area (Å²) < 4.78 is 6.40. The fourth-order valence-corrected chi connectivity index (χ4v) is 2.19. The van der Waals surface area contributed by atoms with Crippen LogP contribution in [0.25, 0.3) is 11.0 Å². The van der Waals surface area contributed by atoms with E-state index < -0.39 is 5.97 Å². The van der Waals surface area contributed by atoms with Gasteiger partial charge in [-0.2, -0.15) is 5.10 Å². The molecule has 0 saturated carbocycles. The summed E-state index contributed by atoms with van der Waals surface area (Å²) in [4.78, 5) is 20.0. The number of esters is 1. The van der Waals surface area contributed by atoms with Crippen LogP contribution in [0.3, 0.4) is 0 Å². The highest BCUT2D eigenvalue weighted by Gasteiger charge is 2.09. The lowest BCUT2D eigenvalue weighted by Crippen LogP contribution is -2.07. The molecule has 0 fully saturated rings. The highest BCUT2D eigenvalue weighted by molar-refractivity contribution is 6.31. The van der Waals surface area contributed by atoms with Crippen LogP contribution in [0.15, 0.2) is 36.8 Å². The molecule has 0 amide bonds. The van der Waals surface area contributed by atoms with Crippen LogP contribution in [-0.4, -0.2) is 32.8 Å². The Hall–Kier alpha value is -2.47. The highest BCUT2D eigenvalue weighted by Crippen LogP contribution is 2.17. The van der Waals surface area contributed by atoms with Gasteiger partial charge in [-0.3, -0.25) is 4.98 Å². The number of carbonyl (C=O) groups excluding carboxylic acids is 1. The second-order valence-electron chi connectivity index (χ2n) is 4.40. The SMILES string of the molecule is COC(=O)c1ccnc(Cn2ncc3cc(Cl)cnc32)c1. The largest absolute Gasteiger partial charge is 0.465 e. The molecule has 106 valence electrons. The van der Waals surface area contributed by atoms with E-state index in [0.29, 0.717) is 28.5 Å². The van der Waals surface area contributed by atoms with Crippen molar-refractivity contribution >= 4 is 28.6 Å². The van der Waals surface area contributed by atoms with Gasteiger partial charge in [0.1, 0.15) is 0 Å². The Balaban J connectivity index is 1.93. The van der Waals surface area contributed by atoms with Gasteiger partial charge in [-0.25, -0.2) is 14.5 Å². The first-order chi connectivity index (χ1) is 10.2. The Kier molecular flexibility index (Phi) is 3.53. The summed E-state index contributed by atoms with van der Waals surface area (Å²) in [5.41, 5.74) is 1.86. The first-order valence-electron chi connectivity index (χ1n) is 6.17. The zero-order valence-electron chi connectivity index (χ0n) is 11.2. The van der Waals surface area contributed by atoms with E-state index in [1.165, 1.54) is 7.11 Å². The van der Waals surface area contributed by atoms with Gasteiger partial charge >= 0.3 is 5.97 Å². The second-order valence-corrected chi connectivity index (χ2v) is 4.83. The molecule has 0 spiro atoms. The number of methoxy groups -OCH3 is 1. The molecule has 0 atom stereocenters. The van der Waals surface area contributed by atoms with E-state index in [1.54, 1.807) is 41.5 Å². The van der Waals surface area contributed by atoms with Crippen molar-refractivity contribution in [3.8, 4) is 0 Å². The molecule has 6 nitrogen and oxygen atoms in total. The molecule has 7 heteroatoms. The molecule has 3 aromatic heterocycles. The normalized spacial score (nSPS) is 10.8. The minimum atomic E-state index is -0.395. The molecule has 0 radical (unpaired) electrons. The summed E-state index contributed by atoms with van der Waals surface area (Å²) in [6.45, 7) is 0.406. The average Bonchev–Trinajstić information content (AvgIpc) is 2.89. The Bertz CT molecular complexity index is 816. The van der Waals surface area contributed by atoms with Crippen molar-refractivity contribution in [2.45, 2.75) is 6.54 Å². The summed E-state index contributed by atoms with van der Waals surface area (Å²) in [6, 6.07) is 5.08. The van der Waals surface area contributed by atoms with E-state index in [0.717, 1.165) is 5.39 Å². The van der Waals surface area contributed by atoms with Gasteiger partial charge in [0.25, 0.3) is 0 Å². The van der Waals surface area contributed by atoms with E-state index in [1.807, 2.05) is 0 Å². The van der Waals surface area contributed by atoms with Crippen LogP contribution in [-0.2, 0) is 11.3 Å². The number of hydrogen-bond acceptors (Lipinski definition) is 5. The van der Waals surface area contributed by atoms with E-state index in [4.69, 9.17) is 16.3 Å². The van der Waals surface area contributed by atoms with Crippen molar-refractivity contribution in [1.82, 2.24) is 19.7 Å². The number of nitrogens with zero attached hydrogens (tertiary/aromatic N) is 4. The predicted octanol–water partition coefficient (Wildman–Crippen LogP) is 2.31. The van der Waals surface area contributed by atoms with E-state index in [2.05, 4.69) is 15.1 Å². The molecule has 0 aromatic carbocycles. The van der Waals surface area contributed by atoms with Gasteiger partial charge in [-0.15, -0.1) is 0 Å². The maximum Gasteiger partial charge on any atom is 0.337 e. The average molecular weight is 303 g/mol. The van der Waals surface area contributed by atoms with E-state index in [9.17, 15) is 4.79 Å². The molecule has 0 N–H and O–H groups in total. The summed E-state index contributed by atoms with van der Waals surface area (Å²) in [6.07, 6.45) is 4.83. The molecule has 3 heterocycles. The minimum Gasteiger partial charge on any atom is -0.465 e. The van der Waals surface area contributed by atoms with Gasteiger partial charge in [0.2, 0.25) is 0 Å². The predicted molar refractivity (Wildman–Crippen MR) is 77.2 cm³/mol. The van der Waals surface area contributed by atoms with Gasteiger partial charge in [0, 0.05) is 17.8 Å². The van der Waals surface area contributed by atoms with Crippen molar-refractivity contribution in [3.63, 3.8) is 0 Å². The Morgan fingerprint density at radius 2 is 2.19 bits per heavy atom. The van der Waals surface area contributed by atoms with Crippen LogP contribution >= 0.6 is 11.6 Å². The lowest BCUT2D eigenvalue weighted by Gasteiger charge is -2.04. The fraction of sp³-hybridized carbons (Fsp3) is 0.143. The maximum atomic E-state index is 11.5. The van der Waals surface area contributed by atoms with E-state index >= 15 is 0 Å². The number of halogens is 1. The summed E-state index contributed by atoms with van der Waals surface area (Å²) >= 11 is 5.90. The Morgan fingerprint density at radius 3 is 3.00 bits per heavy atom. The number of fused-ring (bicyclic) bond motifs is 1. The third-order valence-corrected chi connectivity index (χ3v) is 3.20. The summed E-state index contributed by atoms with van der Waals surface area (Å²) in [5, 5.41) is 5.68. The van der Waals surface area contributed by atoms with Crippen molar-refractivity contribution < 1.29 is 9.53 Å². The van der Waals surface area contributed by atoms with Crippen molar-refractivity contribution in [3.05, 3.63) is 53.1 Å².